The number of methoxy groups -OCH3 is 2. The van der Waals surface area contributed by atoms with E-state index in [2.05, 4.69) is 29.4 Å². The van der Waals surface area contributed by atoms with Crippen LogP contribution in [0.1, 0.15) is 0 Å². The molecule has 0 spiro atoms. The summed E-state index contributed by atoms with van der Waals surface area (Å²) in [5.41, 5.74) is -0.827. The van der Waals surface area contributed by atoms with Crippen LogP contribution in [0.15, 0.2) is 17.2 Å². The van der Waals surface area contributed by atoms with Crippen LogP contribution in [0.4, 0.5) is 8.78 Å². The van der Waals surface area contributed by atoms with Gasteiger partial charge in [0.15, 0.2) is 11.0 Å². The lowest BCUT2D eigenvalue weighted by molar-refractivity contribution is 0.374. The molecule has 0 radical (unpaired) electrons. The molecule has 108 valence electrons. The first-order chi connectivity index (χ1) is 9.47. The summed E-state index contributed by atoms with van der Waals surface area (Å²) >= 11 is 5.29. The van der Waals surface area contributed by atoms with Gasteiger partial charge >= 0.3 is 6.01 Å². The topological polar surface area (TPSA) is 90.0 Å². The van der Waals surface area contributed by atoms with Crippen LogP contribution in [0.3, 0.4) is 0 Å². The van der Waals surface area contributed by atoms with Crippen molar-refractivity contribution in [2.45, 2.75) is 0 Å². The van der Waals surface area contributed by atoms with Crippen molar-refractivity contribution >= 4 is 11.6 Å². The summed E-state index contributed by atoms with van der Waals surface area (Å²) in [4.78, 5) is 22.8. The second-order valence-electron chi connectivity index (χ2n) is 3.06. The molecule has 0 saturated heterocycles. The average molecular weight is 307 g/mol. The van der Waals surface area contributed by atoms with Crippen molar-refractivity contribution in [1.82, 2.24) is 19.9 Å². The van der Waals surface area contributed by atoms with Crippen LogP contribution < -0.4 is 15.0 Å². The Kier molecular flexibility index (Phi) is 5.78. The van der Waals surface area contributed by atoms with Crippen LogP contribution in [-0.4, -0.2) is 34.2 Å². The zero-order chi connectivity index (χ0) is 15.1. The van der Waals surface area contributed by atoms with Gasteiger partial charge in [0.05, 0.1) is 26.6 Å². The van der Waals surface area contributed by atoms with E-state index < -0.39 is 17.2 Å². The zero-order valence-corrected chi connectivity index (χ0v) is 11.1. The minimum Gasteiger partial charge on any atom is -0.468 e. The molecule has 2 aromatic rings. The van der Waals surface area contributed by atoms with Gasteiger partial charge in [-0.1, -0.05) is 11.6 Å². The second kappa shape index (κ2) is 7.34. The molecule has 1 N–H and O–H groups in total. The highest BCUT2D eigenvalue weighted by atomic mass is 35.5. The third-order valence-electron chi connectivity index (χ3n) is 1.79. The molecule has 0 saturated carbocycles. The molecule has 0 unspecified atom stereocenters. The number of H-pyrrole nitrogens is 1. The van der Waals surface area contributed by atoms with Gasteiger partial charge in [0.2, 0.25) is 5.82 Å². The molecule has 20 heavy (non-hydrogen) atoms. The summed E-state index contributed by atoms with van der Waals surface area (Å²) in [6.07, 6.45) is 1.76. The minimum atomic E-state index is -0.916. The first-order valence-electron chi connectivity index (χ1n) is 4.98. The van der Waals surface area contributed by atoms with Crippen molar-refractivity contribution in [3.8, 4) is 12.0 Å². The highest BCUT2D eigenvalue weighted by Gasteiger charge is 2.02. The van der Waals surface area contributed by atoms with Crippen LogP contribution in [0, 0.1) is 11.6 Å². The molecule has 0 atom stereocenters. The Balaban J connectivity index is 0.000000200. The monoisotopic (exact) mass is 306 g/mol. The summed E-state index contributed by atoms with van der Waals surface area (Å²) in [6.45, 7) is 0. The highest BCUT2D eigenvalue weighted by Crippen LogP contribution is 2.11. The van der Waals surface area contributed by atoms with Crippen LogP contribution in [-0.2, 0) is 0 Å². The maximum Gasteiger partial charge on any atom is 0.317 e. The van der Waals surface area contributed by atoms with E-state index >= 15 is 0 Å². The van der Waals surface area contributed by atoms with Crippen molar-refractivity contribution in [3.63, 3.8) is 0 Å². The smallest absolute Gasteiger partial charge is 0.317 e. The molecule has 0 aromatic carbocycles. The summed E-state index contributed by atoms with van der Waals surface area (Å²) < 4.78 is 33.6. The fraction of sp³-hybridized carbons (Fsp3) is 0.200. The van der Waals surface area contributed by atoms with Gasteiger partial charge in [-0.2, -0.15) is 9.37 Å². The maximum absolute atomic E-state index is 12.3. The molecule has 2 aromatic heterocycles. The number of aromatic amines is 1. The predicted octanol–water partition coefficient (Wildman–Crippen LogP) is 1.20. The number of rotatable bonds is 2. The molecule has 10 heteroatoms. The quantitative estimate of drug-likeness (QED) is 0.838. The van der Waals surface area contributed by atoms with Crippen LogP contribution in [0.2, 0.25) is 5.15 Å². The largest absolute Gasteiger partial charge is 0.468 e. The molecule has 2 heterocycles. The lowest BCUT2D eigenvalue weighted by Gasteiger charge is -1.95. The molecule has 0 aliphatic heterocycles. The first-order valence-corrected chi connectivity index (χ1v) is 5.36. The van der Waals surface area contributed by atoms with Gasteiger partial charge in [0.25, 0.3) is 11.6 Å². The van der Waals surface area contributed by atoms with Crippen LogP contribution >= 0.6 is 11.6 Å². The van der Waals surface area contributed by atoms with Crippen molar-refractivity contribution < 1.29 is 18.3 Å². The van der Waals surface area contributed by atoms with Crippen molar-refractivity contribution in [2.75, 3.05) is 14.2 Å². The van der Waals surface area contributed by atoms with Gasteiger partial charge in [-0.3, -0.25) is 9.78 Å². The number of hydrogen-bond donors (Lipinski definition) is 1. The number of nitrogens with one attached hydrogen (secondary N) is 1. The number of nitrogens with zero attached hydrogens (tertiary/aromatic N) is 3. The fourth-order valence-electron chi connectivity index (χ4n) is 0.897. The predicted molar refractivity (Wildman–Crippen MR) is 64.9 cm³/mol. The molecule has 0 amide bonds. The summed E-state index contributed by atoms with van der Waals surface area (Å²) in [7, 11) is 2.71. The fourth-order valence-corrected chi connectivity index (χ4v) is 1.02. The normalized spacial score (nSPS) is 9.45. The van der Waals surface area contributed by atoms with Crippen LogP contribution in [0.25, 0.3) is 0 Å². The van der Waals surface area contributed by atoms with E-state index in [1.165, 1.54) is 14.2 Å². The number of halogens is 3. The van der Waals surface area contributed by atoms with Gasteiger partial charge in [-0.15, -0.1) is 0 Å². The van der Waals surface area contributed by atoms with Gasteiger partial charge in [-0.25, -0.2) is 14.4 Å². The molecular weight excluding hydrogens is 298 g/mol. The lowest BCUT2D eigenvalue weighted by atomic mass is 10.6. The third-order valence-corrected chi connectivity index (χ3v) is 2.05. The van der Waals surface area contributed by atoms with Crippen molar-refractivity contribution in [2.24, 2.45) is 0 Å². The van der Waals surface area contributed by atoms with Gasteiger partial charge in [0.1, 0.15) is 0 Å². The second-order valence-corrected chi connectivity index (χ2v) is 3.42. The number of ether oxygens (including phenoxy) is 2. The van der Waals surface area contributed by atoms with Crippen LogP contribution in [0.5, 0.6) is 12.0 Å². The Morgan fingerprint density at radius 2 is 1.80 bits per heavy atom. The molecule has 7 nitrogen and oxygen atoms in total. The molecule has 0 bridgehead atoms. The zero-order valence-electron chi connectivity index (χ0n) is 10.4. The Hall–Kier alpha value is -2.29. The number of hydrogen-bond acceptors (Lipinski definition) is 6. The molecular formula is C10H9ClF2N4O3. The Morgan fingerprint density at radius 1 is 1.15 bits per heavy atom. The highest BCUT2D eigenvalue weighted by molar-refractivity contribution is 6.29. The van der Waals surface area contributed by atoms with E-state index in [-0.39, 0.29) is 17.2 Å². The SMILES string of the molecule is COc1ncc(F)c(=O)[nH]1.COc1ncc(F)c(Cl)n1. The van der Waals surface area contributed by atoms with Gasteiger partial charge in [-0.05, 0) is 0 Å². The molecule has 0 aliphatic carbocycles. The van der Waals surface area contributed by atoms with E-state index in [0.717, 1.165) is 12.4 Å². The van der Waals surface area contributed by atoms with E-state index in [4.69, 9.17) is 11.6 Å². The third kappa shape index (κ3) is 4.43. The molecule has 0 fully saturated rings. The molecule has 0 aliphatic rings. The Labute approximate surface area is 116 Å². The average Bonchev–Trinajstić information content (AvgIpc) is 2.45. The summed E-state index contributed by atoms with van der Waals surface area (Å²) in [6, 6.07) is 0.0674. The van der Waals surface area contributed by atoms with E-state index in [9.17, 15) is 13.6 Å². The Bertz CT molecular complexity index is 638. The minimum absolute atomic E-state index is 0.00593. The van der Waals surface area contributed by atoms with Crippen molar-refractivity contribution in [3.05, 3.63) is 39.5 Å². The summed E-state index contributed by atoms with van der Waals surface area (Å²) in [5, 5.41) is -0.230. The van der Waals surface area contributed by atoms with E-state index in [0.29, 0.717) is 0 Å². The standard InChI is InChI=1S/C5H4ClFN2O.C5H5FN2O2/c1-10-5-8-2-3(7)4(6)9-5;1-10-5-7-2-3(6)4(9)8-5/h2H,1H3;2H,1H3,(H,7,8,9). The van der Waals surface area contributed by atoms with E-state index in [1.807, 2.05) is 0 Å². The Morgan fingerprint density at radius 3 is 2.30 bits per heavy atom. The first kappa shape index (κ1) is 15.8. The van der Waals surface area contributed by atoms with Gasteiger partial charge < -0.3 is 9.47 Å². The lowest BCUT2D eigenvalue weighted by Crippen LogP contribution is -2.12. The number of aromatic nitrogens is 4. The molecule has 2 rings (SSSR count). The summed E-state index contributed by atoms with van der Waals surface area (Å²) in [5.74, 6) is -1.57. The van der Waals surface area contributed by atoms with E-state index in [1.54, 1.807) is 0 Å². The maximum atomic E-state index is 12.3. The van der Waals surface area contributed by atoms with Crippen molar-refractivity contribution in [1.29, 1.82) is 0 Å². The van der Waals surface area contributed by atoms with Gasteiger partial charge in [0, 0.05) is 0 Å².